The predicted molar refractivity (Wildman–Crippen MR) is 93.8 cm³/mol. The van der Waals surface area contributed by atoms with E-state index in [0.29, 0.717) is 0 Å². The molecular weight excluding hydrogens is 306 g/mol. The minimum Gasteiger partial charge on any atom is -0.355 e. The Labute approximate surface area is 144 Å². The number of fused-ring (bicyclic) bond motifs is 2. The molecule has 23 heavy (non-hydrogen) atoms. The van der Waals surface area contributed by atoms with Crippen LogP contribution in [0.25, 0.3) is 0 Å². The topological polar surface area (TPSA) is 21.7 Å². The van der Waals surface area contributed by atoms with E-state index in [4.69, 9.17) is 9.47 Å². The fourth-order valence-electron chi connectivity index (χ4n) is 4.76. The molecule has 4 rings (SSSR count). The van der Waals surface area contributed by atoms with E-state index in [2.05, 4.69) is 16.3 Å². The Morgan fingerprint density at radius 2 is 2.04 bits per heavy atom. The van der Waals surface area contributed by atoms with Gasteiger partial charge in [0, 0.05) is 38.0 Å². The maximum atomic E-state index is 6.44. The third-order valence-corrected chi connectivity index (χ3v) is 7.06. The predicted octanol–water partition coefficient (Wildman–Crippen LogP) is 4.16. The molecule has 128 valence electrons. The quantitative estimate of drug-likeness (QED) is 0.828. The van der Waals surface area contributed by atoms with Gasteiger partial charge in [0.2, 0.25) is 0 Å². The second-order valence-electron chi connectivity index (χ2n) is 7.54. The van der Waals surface area contributed by atoms with Gasteiger partial charge in [0.15, 0.2) is 6.29 Å². The highest BCUT2D eigenvalue weighted by molar-refractivity contribution is 7.10. The zero-order chi connectivity index (χ0) is 15.7. The molecule has 0 aromatic carbocycles. The van der Waals surface area contributed by atoms with Crippen LogP contribution in [0.5, 0.6) is 0 Å². The lowest BCUT2D eigenvalue weighted by Crippen LogP contribution is -2.49. The minimum absolute atomic E-state index is 0.0638. The van der Waals surface area contributed by atoms with Crippen molar-refractivity contribution in [2.24, 2.45) is 5.92 Å². The lowest BCUT2D eigenvalue weighted by molar-refractivity contribution is -0.226. The Morgan fingerprint density at radius 3 is 2.78 bits per heavy atom. The number of likely N-dealkylation sites (tertiary alicyclic amines) is 1. The van der Waals surface area contributed by atoms with Crippen molar-refractivity contribution < 1.29 is 9.47 Å². The molecule has 1 aliphatic carbocycles. The third kappa shape index (κ3) is 3.23. The van der Waals surface area contributed by atoms with Crippen LogP contribution in [0.1, 0.15) is 55.4 Å². The summed E-state index contributed by atoms with van der Waals surface area (Å²) >= 11 is 1.87. The standard InChI is InChI=1S/C19H29NO2S/c1-21-18-13-17-16(7-12-23-17)19(22-18)8-10-20(11-9-19)14-15-5-3-2-4-6-15/h7,12,15,18H,2-6,8-11,13-14H2,1H3. The van der Waals surface area contributed by atoms with E-state index in [1.54, 1.807) is 7.11 Å². The van der Waals surface area contributed by atoms with Gasteiger partial charge < -0.3 is 14.4 Å². The summed E-state index contributed by atoms with van der Waals surface area (Å²) in [5.41, 5.74) is 1.37. The average molecular weight is 336 g/mol. The first-order chi connectivity index (χ1) is 11.3. The molecule has 3 heterocycles. The first-order valence-corrected chi connectivity index (χ1v) is 10.2. The summed E-state index contributed by atoms with van der Waals surface area (Å²) < 4.78 is 12.0. The lowest BCUT2D eigenvalue weighted by atomic mass is 9.81. The van der Waals surface area contributed by atoms with Gasteiger partial charge in [0.25, 0.3) is 0 Å². The van der Waals surface area contributed by atoms with Gasteiger partial charge in [-0.2, -0.15) is 0 Å². The van der Waals surface area contributed by atoms with Crippen LogP contribution in [-0.4, -0.2) is 37.9 Å². The molecule has 0 radical (unpaired) electrons. The van der Waals surface area contributed by atoms with Crippen molar-refractivity contribution in [1.82, 2.24) is 4.90 Å². The lowest BCUT2D eigenvalue weighted by Gasteiger charge is -2.46. The number of rotatable bonds is 3. The normalized spacial score (nSPS) is 28.8. The van der Waals surface area contributed by atoms with Gasteiger partial charge in [-0.25, -0.2) is 0 Å². The smallest absolute Gasteiger partial charge is 0.163 e. The summed E-state index contributed by atoms with van der Waals surface area (Å²) in [5, 5.41) is 2.22. The number of methoxy groups -OCH3 is 1. The van der Waals surface area contributed by atoms with E-state index in [0.717, 1.165) is 25.2 Å². The molecule has 0 N–H and O–H groups in total. The van der Waals surface area contributed by atoms with E-state index in [9.17, 15) is 0 Å². The second kappa shape index (κ2) is 6.83. The molecule has 3 nitrogen and oxygen atoms in total. The summed E-state index contributed by atoms with van der Waals surface area (Å²) in [7, 11) is 1.77. The fourth-order valence-corrected chi connectivity index (χ4v) is 5.74. The molecule has 1 unspecified atom stereocenters. The number of hydrogen-bond donors (Lipinski definition) is 0. The maximum Gasteiger partial charge on any atom is 0.163 e. The van der Waals surface area contributed by atoms with Gasteiger partial charge >= 0.3 is 0 Å². The molecule has 1 aromatic heterocycles. The van der Waals surface area contributed by atoms with Crippen LogP contribution in [0.2, 0.25) is 0 Å². The second-order valence-corrected chi connectivity index (χ2v) is 8.54. The molecule has 1 saturated heterocycles. The molecule has 1 atom stereocenters. The molecule has 2 fully saturated rings. The van der Waals surface area contributed by atoms with Crippen molar-refractivity contribution in [2.75, 3.05) is 26.7 Å². The van der Waals surface area contributed by atoms with Crippen molar-refractivity contribution in [2.45, 2.75) is 63.3 Å². The van der Waals surface area contributed by atoms with Crippen molar-refractivity contribution in [1.29, 1.82) is 0 Å². The van der Waals surface area contributed by atoms with E-state index in [1.807, 2.05) is 11.3 Å². The largest absolute Gasteiger partial charge is 0.355 e. The van der Waals surface area contributed by atoms with Crippen LogP contribution in [0.15, 0.2) is 11.4 Å². The van der Waals surface area contributed by atoms with Crippen molar-refractivity contribution in [3.05, 3.63) is 21.9 Å². The zero-order valence-corrected chi connectivity index (χ0v) is 15.1. The summed E-state index contributed by atoms with van der Waals surface area (Å²) in [5.74, 6) is 0.938. The fraction of sp³-hybridized carbons (Fsp3) is 0.789. The monoisotopic (exact) mass is 335 g/mol. The number of thiophene rings is 1. The molecule has 0 amide bonds. The van der Waals surface area contributed by atoms with Crippen molar-refractivity contribution in [3.63, 3.8) is 0 Å². The Balaban J connectivity index is 1.42. The molecule has 2 aliphatic heterocycles. The van der Waals surface area contributed by atoms with Crippen molar-refractivity contribution in [3.8, 4) is 0 Å². The Hall–Kier alpha value is -0.420. The highest BCUT2D eigenvalue weighted by Crippen LogP contribution is 2.45. The highest BCUT2D eigenvalue weighted by Gasteiger charge is 2.44. The first-order valence-electron chi connectivity index (χ1n) is 9.29. The maximum absolute atomic E-state index is 6.44. The van der Waals surface area contributed by atoms with Gasteiger partial charge in [0.05, 0.1) is 5.60 Å². The highest BCUT2D eigenvalue weighted by atomic mass is 32.1. The van der Waals surface area contributed by atoms with Gasteiger partial charge in [-0.15, -0.1) is 11.3 Å². The molecule has 1 spiro atoms. The summed E-state index contributed by atoms with van der Waals surface area (Å²) in [4.78, 5) is 4.16. The summed E-state index contributed by atoms with van der Waals surface area (Å²) in [6.45, 7) is 3.64. The Kier molecular flexibility index (Phi) is 4.77. The number of hydrogen-bond acceptors (Lipinski definition) is 4. The number of nitrogens with zero attached hydrogens (tertiary/aromatic N) is 1. The zero-order valence-electron chi connectivity index (χ0n) is 14.3. The van der Waals surface area contributed by atoms with E-state index >= 15 is 0 Å². The molecule has 0 bridgehead atoms. The van der Waals surface area contributed by atoms with E-state index < -0.39 is 0 Å². The van der Waals surface area contributed by atoms with Crippen LogP contribution < -0.4 is 0 Å². The van der Waals surface area contributed by atoms with Crippen LogP contribution in [0.3, 0.4) is 0 Å². The number of piperidine rings is 1. The minimum atomic E-state index is -0.0860. The number of ether oxygens (including phenoxy) is 2. The molecule has 1 aromatic rings. The third-order valence-electron chi connectivity index (χ3n) is 6.11. The van der Waals surface area contributed by atoms with E-state index in [1.165, 1.54) is 62.2 Å². The summed E-state index contributed by atoms with van der Waals surface area (Å²) in [6.07, 6.45) is 10.3. The molecule has 3 aliphatic rings. The van der Waals surface area contributed by atoms with Gasteiger partial charge in [0.1, 0.15) is 0 Å². The molecule has 4 heteroatoms. The van der Waals surface area contributed by atoms with Crippen LogP contribution in [0, 0.1) is 5.92 Å². The molecular formula is C19H29NO2S. The van der Waals surface area contributed by atoms with Gasteiger partial charge in [-0.3, -0.25) is 0 Å². The SMILES string of the molecule is COC1Cc2sccc2C2(CCN(CC3CCCCC3)CC2)O1. The van der Waals surface area contributed by atoms with Gasteiger partial charge in [-0.05, 0) is 48.6 Å². The van der Waals surface area contributed by atoms with E-state index in [-0.39, 0.29) is 11.9 Å². The molecule has 1 saturated carbocycles. The van der Waals surface area contributed by atoms with Crippen molar-refractivity contribution >= 4 is 11.3 Å². The Bertz CT molecular complexity index is 515. The Morgan fingerprint density at radius 1 is 1.26 bits per heavy atom. The van der Waals surface area contributed by atoms with Crippen LogP contribution in [0.4, 0.5) is 0 Å². The van der Waals surface area contributed by atoms with Crippen LogP contribution in [-0.2, 0) is 21.5 Å². The van der Waals surface area contributed by atoms with Crippen LogP contribution >= 0.6 is 11.3 Å². The average Bonchev–Trinajstić information content (AvgIpc) is 3.07. The van der Waals surface area contributed by atoms with Gasteiger partial charge in [-0.1, -0.05) is 19.3 Å². The summed E-state index contributed by atoms with van der Waals surface area (Å²) in [6, 6.07) is 2.29. The first kappa shape index (κ1) is 16.1.